The number of ether oxygens (including phenoxy) is 1. The Kier molecular flexibility index (Phi) is 4.75. The Morgan fingerprint density at radius 3 is 2.76 bits per heavy atom. The van der Waals surface area contributed by atoms with E-state index in [1.54, 1.807) is 12.1 Å². The van der Waals surface area contributed by atoms with Gasteiger partial charge in [-0.1, -0.05) is 30.3 Å². The summed E-state index contributed by atoms with van der Waals surface area (Å²) < 4.78 is 5.04. The lowest BCUT2D eigenvalue weighted by atomic mass is 10.1. The second-order valence-corrected chi connectivity index (χ2v) is 5.15. The van der Waals surface area contributed by atoms with Crippen LogP contribution >= 0.6 is 0 Å². The van der Waals surface area contributed by atoms with Gasteiger partial charge < -0.3 is 9.84 Å². The zero-order valence-electron chi connectivity index (χ0n) is 13.4. The Bertz CT molecular complexity index is 952. The standard InChI is InChI=1S/C18H16N4O3/c1-25-16-9-12(7-8-15(16)23)11-19-22-18-20-14(10-17(24)21-18)13-5-3-2-4-6-13/h2-11,23H,1H3,(H2,20,21,22,24)/b19-11+. The molecule has 3 N–H and O–H groups in total. The van der Waals surface area contributed by atoms with Gasteiger partial charge in [-0.05, 0) is 23.8 Å². The van der Waals surface area contributed by atoms with Crippen molar-refractivity contribution in [3.05, 3.63) is 70.5 Å². The zero-order valence-corrected chi connectivity index (χ0v) is 13.4. The van der Waals surface area contributed by atoms with Crippen LogP contribution in [0.4, 0.5) is 5.95 Å². The molecule has 1 heterocycles. The molecule has 0 saturated carbocycles. The van der Waals surface area contributed by atoms with Gasteiger partial charge in [0, 0.05) is 11.6 Å². The molecule has 7 nitrogen and oxygen atoms in total. The number of aromatic amines is 1. The quantitative estimate of drug-likeness (QED) is 0.491. The fraction of sp³-hybridized carbons (Fsp3) is 0.0556. The molecule has 126 valence electrons. The molecule has 0 aliphatic heterocycles. The summed E-state index contributed by atoms with van der Waals surface area (Å²) in [4.78, 5) is 18.7. The molecule has 0 aliphatic carbocycles. The first-order chi connectivity index (χ1) is 12.2. The molecule has 0 unspecified atom stereocenters. The van der Waals surface area contributed by atoms with Gasteiger partial charge in [0.15, 0.2) is 11.5 Å². The number of nitrogens with zero attached hydrogens (tertiary/aromatic N) is 2. The van der Waals surface area contributed by atoms with Gasteiger partial charge in [-0.2, -0.15) is 5.10 Å². The molecule has 3 aromatic rings. The van der Waals surface area contributed by atoms with E-state index < -0.39 is 0 Å². The van der Waals surface area contributed by atoms with Crippen molar-refractivity contribution in [3.63, 3.8) is 0 Å². The number of rotatable bonds is 5. The van der Waals surface area contributed by atoms with Crippen LogP contribution in [-0.2, 0) is 0 Å². The molecule has 7 heteroatoms. The smallest absolute Gasteiger partial charge is 0.252 e. The number of benzene rings is 2. The summed E-state index contributed by atoms with van der Waals surface area (Å²) in [6, 6.07) is 15.6. The van der Waals surface area contributed by atoms with E-state index in [1.165, 1.54) is 25.5 Å². The van der Waals surface area contributed by atoms with Crippen LogP contribution < -0.4 is 15.7 Å². The normalized spacial score (nSPS) is 10.8. The number of aromatic nitrogens is 2. The molecule has 0 bridgehead atoms. The molecular formula is C18H16N4O3. The summed E-state index contributed by atoms with van der Waals surface area (Å²) in [6.07, 6.45) is 1.52. The summed E-state index contributed by atoms with van der Waals surface area (Å²) in [5.74, 6) is 0.629. The number of H-pyrrole nitrogens is 1. The van der Waals surface area contributed by atoms with Crippen LogP contribution in [0.25, 0.3) is 11.3 Å². The molecule has 2 aromatic carbocycles. The van der Waals surface area contributed by atoms with Crippen molar-refractivity contribution in [2.45, 2.75) is 0 Å². The van der Waals surface area contributed by atoms with E-state index in [9.17, 15) is 9.90 Å². The molecule has 0 spiro atoms. The number of phenolic OH excluding ortho intramolecular Hbond substituents is 1. The molecular weight excluding hydrogens is 320 g/mol. The van der Waals surface area contributed by atoms with Crippen molar-refractivity contribution in [1.82, 2.24) is 9.97 Å². The monoisotopic (exact) mass is 336 g/mol. The number of aromatic hydroxyl groups is 1. The lowest BCUT2D eigenvalue weighted by molar-refractivity contribution is 0.373. The molecule has 0 aliphatic rings. The van der Waals surface area contributed by atoms with E-state index in [-0.39, 0.29) is 17.3 Å². The number of phenols is 1. The largest absolute Gasteiger partial charge is 0.504 e. The van der Waals surface area contributed by atoms with Crippen LogP contribution in [0.5, 0.6) is 11.5 Å². The lowest BCUT2D eigenvalue weighted by Crippen LogP contribution is -2.10. The third kappa shape index (κ3) is 4.03. The van der Waals surface area contributed by atoms with Crippen molar-refractivity contribution in [1.29, 1.82) is 0 Å². The Morgan fingerprint density at radius 1 is 1.20 bits per heavy atom. The summed E-state index contributed by atoms with van der Waals surface area (Å²) in [5, 5.41) is 13.6. The highest BCUT2D eigenvalue weighted by molar-refractivity contribution is 5.81. The summed E-state index contributed by atoms with van der Waals surface area (Å²) in [7, 11) is 1.47. The maximum absolute atomic E-state index is 11.8. The highest BCUT2D eigenvalue weighted by Gasteiger charge is 2.03. The number of hydrogen-bond acceptors (Lipinski definition) is 6. The minimum atomic E-state index is -0.280. The molecule has 25 heavy (non-hydrogen) atoms. The van der Waals surface area contributed by atoms with Gasteiger partial charge in [0.1, 0.15) is 0 Å². The second-order valence-electron chi connectivity index (χ2n) is 5.15. The summed E-state index contributed by atoms with van der Waals surface area (Å²) >= 11 is 0. The molecule has 0 atom stereocenters. The average molecular weight is 336 g/mol. The van der Waals surface area contributed by atoms with Crippen molar-refractivity contribution >= 4 is 12.2 Å². The van der Waals surface area contributed by atoms with Crippen molar-refractivity contribution in [2.24, 2.45) is 5.10 Å². The molecule has 0 amide bonds. The van der Waals surface area contributed by atoms with Gasteiger partial charge in [0.25, 0.3) is 5.56 Å². The van der Waals surface area contributed by atoms with Crippen LogP contribution in [0, 0.1) is 0 Å². The number of nitrogens with one attached hydrogen (secondary N) is 2. The first-order valence-electron chi connectivity index (χ1n) is 7.48. The fourth-order valence-corrected chi connectivity index (χ4v) is 2.21. The van der Waals surface area contributed by atoms with Gasteiger partial charge in [-0.25, -0.2) is 10.4 Å². The van der Waals surface area contributed by atoms with Crippen LogP contribution in [0.2, 0.25) is 0 Å². The number of anilines is 1. The molecule has 0 saturated heterocycles. The minimum absolute atomic E-state index is 0.0502. The van der Waals surface area contributed by atoms with Gasteiger partial charge in [0.2, 0.25) is 5.95 Å². The van der Waals surface area contributed by atoms with E-state index >= 15 is 0 Å². The van der Waals surface area contributed by atoms with E-state index in [4.69, 9.17) is 4.74 Å². The number of hydrazone groups is 1. The van der Waals surface area contributed by atoms with Gasteiger partial charge in [-0.15, -0.1) is 0 Å². The lowest BCUT2D eigenvalue weighted by Gasteiger charge is -2.04. The van der Waals surface area contributed by atoms with Gasteiger partial charge in [0.05, 0.1) is 19.0 Å². The highest BCUT2D eigenvalue weighted by atomic mass is 16.5. The third-order valence-electron chi connectivity index (χ3n) is 3.40. The molecule has 3 rings (SSSR count). The summed E-state index contributed by atoms with van der Waals surface area (Å²) in [6.45, 7) is 0. The first kappa shape index (κ1) is 16.3. The predicted molar refractivity (Wildman–Crippen MR) is 96.2 cm³/mol. The van der Waals surface area contributed by atoms with Crippen LogP contribution in [-0.4, -0.2) is 28.4 Å². The summed E-state index contributed by atoms with van der Waals surface area (Å²) in [5.41, 5.74) is 4.51. The Morgan fingerprint density at radius 2 is 2.00 bits per heavy atom. The maximum atomic E-state index is 11.8. The fourth-order valence-electron chi connectivity index (χ4n) is 2.21. The minimum Gasteiger partial charge on any atom is -0.504 e. The van der Waals surface area contributed by atoms with Crippen molar-refractivity contribution < 1.29 is 9.84 Å². The Hall–Kier alpha value is -3.61. The predicted octanol–water partition coefficient (Wildman–Crippen LogP) is 2.60. The first-order valence-corrected chi connectivity index (χ1v) is 7.48. The molecule has 1 aromatic heterocycles. The van der Waals surface area contributed by atoms with Crippen molar-refractivity contribution in [2.75, 3.05) is 12.5 Å². The highest BCUT2D eigenvalue weighted by Crippen LogP contribution is 2.25. The van der Waals surface area contributed by atoms with E-state index in [0.29, 0.717) is 17.0 Å². The Balaban J connectivity index is 1.79. The number of methoxy groups -OCH3 is 1. The molecule has 0 radical (unpaired) electrons. The van der Waals surface area contributed by atoms with Crippen LogP contribution in [0.15, 0.2) is 64.5 Å². The van der Waals surface area contributed by atoms with Crippen LogP contribution in [0.3, 0.4) is 0 Å². The second kappa shape index (κ2) is 7.31. The zero-order chi connectivity index (χ0) is 17.6. The van der Waals surface area contributed by atoms with Gasteiger partial charge >= 0.3 is 0 Å². The molecule has 0 fully saturated rings. The number of hydrogen-bond donors (Lipinski definition) is 3. The van der Waals surface area contributed by atoms with Crippen LogP contribution in [0.1, 0.15) is 5.56 Å². The third-order valence-corrected chi connectivity index (χ3v) is 3.40. The van der Waals surface area contributed by atoms with Crippen molar-refractivity contribution in [3.8, 4) is 22.8 Å². The SMILES string of the molecule is COc1cc(/C=N/Nc2nc(-c3ccccc3)cc(=O)[nH]2)ccc1O. The van der Waals surface area contributed by atoms with E-state index in [2.05, 4.69) is 20.5 Å². The average Bonchev–Trinajstić information content (AvgIpc) is 2.63. The van der Waals surface area contributed by atoms with E-state index in [0.717, 1.165) is 5.56 Å². The van der Waals surface area contributed by atoms with E-state index in [1.807, 2.05) is 30.3 Å². The topological polar surface area (TPSA) is 99.6 Å². The van der Waals surface area contributed by atoms with Gasteiger partial charge in [-0.3, -0.25) is 9.78 Å². The maximum Gasteiger partial charge on any atom is 0.252 e. The Labute approximate surface area is 143 Å².